The summed E-state index contributed by atoms with van der Waals surface area (Å²) in [5.74, 6) is -2.87. The second-order valence-corrected chi connectivity index (χ2v) is 5.39. The van der Waals surface area contributed by atoms with Gasteiger partial charge in [0, 0.05) is 5.56 Å². The molecule has 1 aromatic rings. The highest BCUT2D eigenvalue weighted by Gasteiger charge is 2.30. The average Bonchev–Trinajstić information content (AvgIpc) is 2.53. The summed E-state index contributed by atoms with van der Waals surface area (Å²) in [6, 6.07) is 2.34. The van der Waals surface area contributed by atoms with Crippen LogP contribution in [0.15, 0.2) is 24.3 Å². The van der Waals surface area contributed by atoms with E-state index in [2.05, 4.69) is 5.32 Å². The van der Waals surface area contributed by atoms with Gasteiger partial charge in [-0.3, -0.25) is 14.4 Å². The molecule has 0 radical (unpaired) electrons. The van der Waals surface area contributed by atoms with Gasteiger partial charge in [-0.2, -0.15) is 13.2 Å². The second kappa shape index (κ2) is 8.50. The molecule has 6 nitrogen and oxygen atoms in total. The van der Waals surface area contributed by atoms with Gasteiger partial charge in [-0.25, -0.2) is 0 Å². The van der Waals surface area contributed by atoms with E-state index in [1.165, 1.54) is 6.92 Å². The Labute approximate surface area is 142 Å². The summed E-state index contributed by atoms with van der Waals surface area (Å²) in [7, 11) is 0. The maximum atomic E-state index is 12.5. The van der Waals surface area contributed by atoms with Crippen molar-refractivity contribution in [1.82, 2.24) is 5.32 Å². The number of nitrogens with one attached hydrogen (secondary N) is 1. The molecule has 1 rings (SSSR count). The van der Waals surface area contributed by atoms with Crippen LogP contribution in [0.25, 0.3) is 0 Å². The highest BCUT2D eigenvalue weighted by Crippen LogP contribution is 2.29. The first-order valence-electron chi connectivity index (χ1n) is 7.50. The van der Waals surface area contributed by atoms with Crippen LogP contribution in [0.2, 0.25) is 0 Å². The van der Waals surface area contributed by atoms with Crippen LogP contribution in [-0.2, 0) is 20.5 Å². The van der Waals surface area contributed by atoms with Crippen molar-refractivity contribution in [2.45, 2.75) is 32.5 Å². The molecule has 9 heteroatoms. The molecule has 138 valence electrons. The van der Waals surface area contributed by atoms with Crippen molar-refractivity contribution < 1.29 is 32.3 Å². The lowest BCUT2D eigenvalue weighted by Gasteiger charge is -2.19. The minimum atomic E-state index is -4.51. The van der Waals surface area contributed by atoms with Gasteiger partial charge in [0.1, 0.15) is 6.04 Å². The summed E-state index contributed by atoms with van der Waals surface area (Å²) < 4.78 is 42.3. The van der Waals surface area contributed by atoms with E-state index in [0.717, 1.165) is 24.3 Å². The second-order valence-electron chi connectivity index (χ2n) is 5.39. The number of hydrogen-bond donors (Lipinski definition) is 2. The Balaban J connectivity index is 2.79. The van der Waals surface area contributed by atoms with Crippen molar-refractivity contribution in [3.8, 4) is 0 Å². The molecule has 0 spiro atoms. The number of nitrogens with two attached hydrogens (primary N) is 1. The van der Waals surface area contributed by atoms with E-state index in [4.69, 9.17) is 10.5 Å². The Morgan fingerprint density at radius 2 is 1.76 bits per heavy atom. The zero-order chi connectivity index (χ0) is 19.2. The molecule has 0 saturated carbocycles. The molecular weight excluding hydrogens is 341 g/mol. The van der Waals surface area contributed by atoms with E-state index in [1.807, 2.05) is 0 Å². The SMILES string of the molecule is CCOC(=O)[C@H](C)C[C@H](NC(=O)c1ccc(C(F)(F)F)cc1)C(N)=O. The third kappa shape index (κ3) is 6.09. The minimum absolute atomic E-state index is 0.0666. The van der Waals surface area contributed by atoms with Crippen molar-refractivity contribution in [2.75, 3.05) is 6.61 Å². The number of alkyl halides is 3. The van der Waals surface area contributed by atoms with Gasteiger partial charge >= 0.3 is 12.1 Å². The summed E-state index contributed by atoms with van der Waals surface area (Å²) in [5.41, 5.74) is 4.25. The first-order chi connectivity index (χ1) is 11.6. The zero-order valence-corrected chi connectivity index (χ0v) is 13.7. The van der Waals surface area contributed by atoms with Crippen LogP contribution >= 0.6 is 0 Å². The lowest BCUT2D eigenvalue weighted by atomic mass is 10.0. The van der Waals surface area contributed by atoms with E-state index in [1.54, 1.807) is 6.92 Å². The van der Waals surface area contributed by atoms with Crippen molar-refractivity contribution in [2.24, 2.45) is 11.7 Å². The Kier molecular flexibility index (Phi) is 6.96. The summed E-state index contributed by atoms with van der Waals surface area (Å²) in [6.45, 7) is 3.31. The lowest BCUT2D eigenvalue weighted by molar-refractivity contribution is -0.148. The van der Waals surface area contributed by atoms with Crippen LogP contribution in [0.5, 0.6) is 0 Å². The fraction of sp³-hybridized carbons (Fsp3) is 0.438. The van der Waals surface area contributed by atoms with Crippen LogP contribution in [0.3, 0.4) is 0 Å². The van der Waals surface area contributed by atoms with Gasteiger partial charge in [-0.15, -0.1) is 0 Å². The number of hydrogen-bond acceptors (Lipinski definition) is 4. The molecule has 0 aliphatic heterocycles. The van der Waals surface area contributed by atoms with Crippen molar-refractivity contribution in [1.29, 1.82) is 0 Å². The predicted molar refractivity (Wildman–Crippen MR) is 82.3 cm³/mol. The number of rotatable bonds is 7. The first kappa shape index (κ1) is 20.5. The Morgan fingerprint density at radius 1 is 1.20 bits per heavy atom. The monoisotopic (exact) mass is 360 g/mol. The maximum absolute atomic E-state index is 12.5. The number of carbonyl (C=O) groups is 3. The molecule has 2 amide bonds. The summed E-state index contributed by atoms with van der Waals surface area (Å²) in [4.78, 5) is 35.2. The van der Waals surface area contributed by atoms with Crippen molar-refractivity contribution in [3.05, 3.63) is 35.4 Å². The average molecular weight is 360 g/mol. The fourth-order valence-corrected chi connectivity index (χ4v) is 2.03. The number of primary amides is 1. The van der Waals surface area contributed by atoms with Crippen LogP contribution < -0.4 is 11.1 Å². The lowest BCUT2D eigenvalue weighted by Crippen LogP contribution is -2.46. The molecule has 0 fully saturated rings. The maximum Gasteiger partial charge on any atom is 0.416 e. The highest BCUT2D eigenvalue weighted by atomic mass is 19.4. The normalized spacial score (nSPS) is 13.6. The summed E-state index contributed by atoms with van der Waals surface area (Å²) >= 11 is 0. The predicted octanol–water partition coefficient (Wildman–Crippen LogP) is 1.88. The van der Waals surface area contributed by atoms with Gasteiger partial charge in [0.05, 0.1) is 18.1 Å². The molecule has 0 aliphatic carbocycles. The third-order valence-electron chi connectivity index (χ3n) is 3.40. The van der Waals surface area contributed by atoms with Crippen molar-refractivity contribution in [3.63, 3.8) is 0 Å². The molecule has 0 aromatic heterocycles. The van der Waals surface area contributed by atoms with Gasteiger partial charge in [0.25, 0.3) is 5.91 Å². The number of amides is 2. The highest BCUT2D eigenvalue weighted by molar-refractivity contribution is 5.97. The minimum Gasteiger partial charge on any atom is -0.466 e. The van der Waals surface area contributed by atoms with Crippen LogP contribution in [0.1, 0.15) is 36.2 Å². The molecule has 0 saturated heterocycles. The zero-order valence-electron chi connectivity index (χ0n) is 13.7. The summed E-state index contributed by atoms with van der Waals surface area (Å²) in [5, 5.41) is 2.32. The summed E-state index contributed by atoms with van der Waals surface area (Å²) in [6.07, 6.45) is -4.60. The van der Waals surface area contributed by atoms with E-state index >= 15 is 0 Å². The van der Waals surface area contributed by atoms with E-state index in [9.17, 15) is 27.6 Å². The van der Waals surface area contributed by atoms with E-state index in [0.29, 0.717) is 0 Å². The Hall–Kier alpha value is -2.58. The largest absolute Gasteiger partial charge is 0.466 e. The third-order valence-corrected chi connectivity index (χ3v) is 3.40. The molecule has 0 bridgehead atoms. The Bertz CT molecular complexity index is 629. The van der Waals surface area contributed by atoms with Gasteiger partial charge in [0.2, 0.25) is 5.91 Å². The number of benzene rings is 1. The molecule has 2 atom stereocenters. The van der Waals surface area contributed by atoms with Crippen molar-refractivity contribution >= 4 is 17.8 Å². The standard InChI is InChI=1S/C16H19F3N2O4/c1-3-25-15(24)9(2)8-12(13(20)22)21-14(23)10-4-6-11(7-5-10)16(17,18)19/h4-7,9,12H,3,8H2,1-2H3,(H2,20,22)(H,21,23)/t9-,12+/m1/s1. The molecule has 25 heavy (non-hydrogen) atoms. The van der Waals surface area contributed by atoms with Crippen LogP contribution in [-0.4, -0.2) is 30.4 Å². The number of halogens is 3. The topological polar surface area (TPSA) is 98.5 Å². The number of ether oxygens (including phenoxy) is 1. The Morgan fingerprint density at radius 3 is 2.20 bits per heavy atom. The molecule has 0 heterocycles. The van der Waals surface area contributed by atoms with Crippen LogP contribution in [0, 0.1) is 5.92 Å². The molecule has 3 N–H and O–H groups in total. The first-order valence-corrected chi connectivity index (χ1v) is 7.50. The quantitative estimate of drug-likeness (QED) is 0.725. The molecule has 0 aliphatic rings. The van der Waals surface area contributed by atoms with Gasteiger partial charge < -0.3 is 15.8 Å². The van der Waals surface area contributed by atoms with E-state index < -0.39 is 41.5 Å². The van der Waals surface area contributed by atoms with Gasteiger partial charge in [-0.1, -0.05) is 6.92 Å². The van der Waals surface area contributed by atoms with E-state index in [-0.39, 0.29) is 18.6 Å². The fourth-order valence-electron chi connectivity index (χ4n) is 2.03. The van der Waals surface area contributed by atoms with Gasteiger partial charge in [0.15, 0.2) is 0 Å². The van der Waals surface area contributed by atoms with Gasteiger partial charge in [-0.05, 0) is 37.6 Å². The molecule has 0 unspecified atom stereocenters. The smallest absolute Gasteiger partial charge is 0.416 e. The number of esters is 1. The number of carbonyl (C=O) groups excluding carboxylic acids is 3. The molecule has 1 aromatic carbocycles. The van der Waals surface area contributed by atoms with Crippen LogP contribution in [0.4, 0.5) is 13.2 Å². The molecular formula is C16H19F3N2O4.